The summed E-state index contributed by atoms with van der Waals surface area (Å²) in [5.41, 5.74) is 4.49. The molecule has 100 valence electrons. The lowest BCUT2D eigenvalue weighted by molar-refractivity contribution is -0.123. The third-order valence-electron chi connectivity index (χ3n) is 3.46. The number of nitrogens with one attached hydrogen (secondary N) is 3. The number of hydrogen-bond acceptors (Lipinski definition) is 4. The van der Waals surface area contributed by atoms with E-state index in [-0.39, 0.29) is 11.9 Å². The highest BCUT2D eigenvalue weighted by Crippen LogP contribution is 2.14. The molecule has 1 unspecified atom stereocenters. The Morgan fingerprint density at radius 2 is 2.47 bits per heavy atom. The molecular weight excluding hydrogens is 260 g/mol. The molecule has 3 heterocycles. The average Bonchev–Trinajstić information content (AvgIpc) is 3.03. The number of thiophene rings is 1. The van der Waals surface area contributed by atoms with Crippen LogP contribution < -0.4 is 10.6 Å². The third-order valence-corrected chi connectivity index (χ3v) is 4.37. The molecule has 0 fully saturated rings. The summed E-state index contributed by atoms with van der Waals surface area (Å²) in [5.74, 6) is 0.0410. The number of amides is 1. The zero-order valence-electron chi connectivity index (χ0n) is 10.7. The highest BCUT2D eigenvalue weighted by molar-refractivity contribution is 7.08. The van der Waals surface area contributed by atoms with Crippen molar-refractivity contribution in [1.29, 1.82) is 0 Å². The topological polar surface area (TPSA) is 69.8 Å². The van der Waals surface area contributed by atoms with E-state index in [4.69, 9.17) is 0 Å². The molecule has 0 bridgehead atoms. The highest BCUT2D eigenvalue weighted by atomic mass is 32.1. The molecule has 1 aliphatic heterocycles. The molecule has 6 heteroatoms. The molecule has 1 atom stereocenters. The van der Waals surface area contributed by atoms with E-state index in [0.29, 0.717) is 19.5 Å². The minimum absolute atomic E-state index is 0.0410. The SMILES string of the molecule is Cc1cscc1CNC(=O)C1Cc2nc[nH]c2CN1. The molecule has 0 aromatic carbocycles. The molecular formula is C13H16N4OS. The summed E-state index contributed by atoms with van der Waals surface area (Å²) >= 11 is 1.66. The van der Waals surface area contributed by atoms with Crippen molar-refractivity contribution < 1.29 is 4.79 Å². The Labute approximate surface area is 115 Å². The third kappa shape index (κ3) is 2.54. The Morgan fingerprint density at radius 1 is 1.58 bits per heavy atom. The number of rotatable bonds is 3. The molecule has 3 rings (SSSR count). The predicted molar refractivity (Wildman–Crippen MR) is 73.8 cm³/mol. The van der Waals surface area contributed by atoms with Crippen LogP contribution in [0.15, 0.2) is 17.1 Å². The van der Waals surface area contributed by atoms with Gasteiger partial charge < -0.3 is 10.3 Å². The number of fused-ring (bicyclic) bond motifs is 1. The van der Waals surface area contributed by atoms with E-state index in [1.54, 1.807) is 17.7 Å². The zero-order chi connectivity index (χ0) is 13.2. The van der Waals surface area contributed by atoms with Crippen LogP contribution in [0.5, 0.6) is 0 Å². The molecule has 0 saturated heterocycles. The summed E-state index contributed by atoms with van der Waals surface area (Å²) in [6.07, 6.45) is 2.33. The van der Waals surface area contributed by atoms with Crippen molar-refractivity contribution in [3.05, 3.63) is 39.6 Å². The number of nitrogens with zero attached hydrogens (tertiary/aromatic N) is 1. The van der Waals surface area contributed by atoms with Crippen molar-refractivity contribution in [2.75, 3.05) is 0 Å². The Bertz CT molecular complexity index is 589. The fourth-order valence-corrected chi connectivity index (χ4v) is 3.08. The van der Waals surface area contributed by atoms with Crippen molar-refractivity contribution in [3.63, 3.8) is 0 Å². The quantitative estimate of drug-likeness (QED) is 0.786. The van der Waals surface area contributed by atoms with Crippen LogP contribution in [0.25, 0.3) is 0 Å². The summed E-state index contributed by atoms with van der Waals surface area (Å²) in [7, 11) is 0. The molecule has 2 aromatic heterocycles. The minimum atomic E-state index is -0.185. The number of carbonyl (C=O) groups excluding carboxylic acids is 1. The number of H-pyrrole nitrogens is 1. The Hall–Kier alpha value is -1.66. The number of aromatic amines is 1. The van der Waals surface area contributed by atoms with E-state index in [2.05, 4.69) is 38.3 Å². The molecule has 19 heavy (non-hydrogen) atoms. The van der Waals surface area contributed by atoms with Gasteiger partial charge in [-0.15, -0.1) is 0 Å². The van der Waals surface area contributed by atoms with Gasteiger partial charge in [-0.05, 0) is 28.8 Å². The second-order valence-corrected chi connectivity index (χ2v) is 5.51. The van der Waals surface area contributed by atoms with Gasteiger partial charge in [0.15, 0.2) is 0 Å². The second-order valence-electron chi connectivity index (χ2n) is 4.76. The van der Waals surface area contributed by atoms with E-state index in [0.717, 1.165) is 11.4 Å². The standard InChI is InChI=1S/C13H16N4OS/c1-8-5-19-6-9(8)3-15-13(18)11-2-10-12(4-14-11)17-7-16-10/h5-7,11,14H,2-4H2,1H3,(H,15,18)(H,16,17). The Kier molecular flexibility index (Phi) is 3.35. The lowest BCUT2D eigenvalue weighted by atomic mass is 10.0. The van der Waals surface area contributed by atoms with E-state index in [1.165, 1.54) is 11.1 Å². The van der Waals surface area contributed by atoms with Gasteiger partial charge in [0.25, 0.3) is 0 Å². The maximum Gasteiger partial charge on any atom is 0.237 e. The number of carbonyl (C=O) groups is 1. The molecule has 0 saturated carbocycles. The van der Waals surface area contributed by atoms with E-state index in [9.17, 15) is 4.79 Å². The van der Waals surface area contributed by atoms with Gasteiger partial charge in [0, 0.05) is 19.5 Å². The first-order chi connectivity index (χ1) is 9.24. The molecule has 0 aliphatic carbocycles. The zero-order valence-corrected chi connectivity index (χ0v) is 11.5. The maximum absolute atomic E-state index is 12.1. The van der Waals surface area contributed by atoms with Crippen LogP contribution >= 0.6 is 11.3 Å². The maximum atomic E-state index is 12.1. The summed E-state index contributed by atoms with van der Waals surface area (Å²) in [6.45, 7) is 3.33. The largest absolute Gasteiger partial charge is 0.351 e. The highest BCUT2D eigenvalue weighted by Gasteiger charge is 2.25. The molecule has 1 aliphatic rings. The molecule has 0 radical (unpaired) electrons. The first-order valence-corrected chi connectivity index (χ1v) is 7.22. The van der Waals surface area contributed by atoms with Gasteiger partial charge in [-0.25, -0.2) is 4.98 Å². The predicted octanol–water partition coefficient (Wildman–Crippen LogP) is 1.11. The van der Waals surface area contributed by atoms with Crippen LogP contribution in [-0.2, 0) is 24.3 Å². The monoisotopic (exact) mass is 276 g/mol. The smallest absolute Gasteiger partial charge is 0.237 e. The van der Waals surface area contributed by atoms with Gasteiger partial charge in [-0.2, -0.15) is 11.3 Å². The van der Waals surface area contributed by atoms with Crippen LogP contribution in [0.4, 0.5) is 0 Å². The van der Waals surface area contributed by atoms with Crippen LogP contribution in [0.3, 0.4) is 0 Å². The normalized spacial score (nSPS) is 18.1. The van der Waals surface area contributed by atoms with Crippen molar-refractivity contribution in [1.82, 2.24) is 20.6 Å². The van der Waals surface area contributed by atoms with Crippen molar-refractivity contribution in [2.45, 2.75) is 32.5 Å². The summed E-state index contributed by atoms with van der Waals surface area (Å²) in [4.78, 5) is 19.4. The van der Waals surface area contributed by atoms with Gasteiger partial charge in [-0.1, -0.05) is 0 Å². The number of hydrogen-bond donors (Lipinski definition) is 3. The van der Waals surface area contributed by atoms with Gasteiger partial charge in [0.1, 0.15) is 0 Å². The molecule has 2 aromatic rings. The van der Waals surface area contributed by atoms with Crippen LogP contribution in [-0.4, -0.2) is 21.9 Å². The summed E-state index contributed by atoms with van der Waals surface area (Å²) < 4.78 is 0. The number of aryl methyl sites for hydroxylation is 1. The van der Waals surface area contributed by atoms with Gasteiger partial charge in [0.05, 0.1) is 23.8 Å². The fraction of sp³-hybridized carbons (Fsp3) is 0.385. The molecule has 3 N–H and O–H groups in total. The van der Waals surface area contributed by atoms with Crippen molar-refractivity contribution in [3.8, 4) is 0 Å². The van der Waals surface area contributed by atoms with Gasteiger partial charge in [-0.3, -0.25) is 10.1 Å². The van der Waals surface area contributed by atoms with Crippen LogP contribution in [0.2, 0.25) is 0 Å². The Morgan fingerprint density at radius 3 is 3.26 bits per heavy atom. The first kappa shape index (κ1) is 12.4. The lowest BCUT2D eigenvalue weighted by Crippen LogP contribution is -2.47. The molecule has 5 nitrogen and oxygen atoms in total. The summed E-state index contributed by atoms with van der Waals surface area (Å²) in [5, 5.41) is 10.4. The van der Waals surface area contributed by atoms with Crippen molar-refractivity contribution >= 4 is 17.2 Å². The lowest BCUT2D eigenvalue weighted by Gasteiger charge is -2.22. The number of imidazole rings is 1. The first-order valence-electron chi connectivity index (χ1n) is 6.28. The fourth-order valence-electron chi connectivity index (χ4n) is 2.23. The van der Waals surface area contributed by atoms with E-state index in [1.807, 2.05) is 0 Å². The number of aromatic nitrogens is 2. The van der Waals surface area contributed by atoms with Crippen LogP contribution in [0.1, 0.15) is 22.5 Å². The minimum Gasteiger partial charge on any atom is -0.351 e. The molecule has 0 spiro atoms. The van der Waals surface area contributed by atoms with E-state index < -0.39 is 0 Å². The average molecular weight is 276 g/mol. The van der Waals surface area contributed by atoms with Gasteiger partial charge >= 0.3 is 0 Å². The molecule has 1 amide bonds. The second kappa shape index (κ2) is 5.14. The van der Waals surface area contributed by atoms with Crippen LogP contribution in [0, 0.1) is 6.92 Å². The van der Waals surface area contributed by atoms with Crippen molar-refractivity contribution in [2.24, 2.45) is 0 Å². The van der Waals surface area contributed by atoms with Gasteiger partial charge in [0.2, 0.25) is 5.91 Å². The summed E-state index contributed by atoms with van der Waals surface area (Å²) in [6, 6.07) is -0.185. The Balaban J connectivity index is 1.58. The van der Waals surface area contributed by atoms with E-state index >= 15 is 0 Å².